The number of hydrogen-bond acceptors (Lipinski definition) is 5. The van der Waals surface area contributed by atoms with Crippen LogP contribution >= 0.6 is 27.5 Å². The molecule has 0 saturated heterocycles. The van der Waals surface area contributed by atoms with E-state index in [0.29, 0.717) is 21.0 Å². The van der Waals surface area contributed by atoms with Crippen molar-refractivity contribution in [2.24, 2.45) is 7.05 Å². The molecule has 0 aliphatic heterocycles. The minimum Gasteiger partial charge on any atom is -0.503 e. The van der Waals surface area contributed by atoms with Crippen LogP contribution in [0.15, 0.2) is 22.8 Å². The Morgan fingerprint density at radius 1 is 1.50 bits per heavy atom. The molecule has 0 bridgehead atoms. The van der Waals surface area contributed by atoms with Gasteiger partial charge in [0, 0.05) is 7.05 Å². The average molecular weight is 416 g/mol. The monoisotopic (exact) mass is 414 g/mol. The van der Waals surface area contributed by atoms with Crippen LogP contribution in [0.5, 0.6) is 11.5 Å². The average Bonchev–Trinajstić information content (AvgIpc) is 2.88. The number of hydrogen-bond donors (Lipinski definition) is 1. The Labute approximate surface area is 152 Å². The fourth-order valence-corrected chi connectivity index (χ4v) is 2.65. The molecule has 0 radical (unpaired) electrons. The molecular weight excluding hydrogens is 400 g/mol. The number of halogens is 2. The summed E-state index contributed by atoms with van der Waals surface area (Å²) in [7, 11) is 3.14. The van der Waals surface area contributed by atoms with Gasteiger partial charge < -0.3 is 19.1 Å². The summed E-state index contributed by atoms with van der Waals surface area (Å²) in [5, 5.41) is 10.3. The molecule has 1 aromatic heterocycles. The normalized spacial score (nSPS) is 11.5. The van der Waals surface area contributed by atoms with E-state index in [1.165, 1.54) is 13.3 Å². The number of aromatic nitrogens is 2. The lowest BCUT2D eigenvalue weighted by molar-refractivity contribution is -0.136. The summed E-state index contributed by atoms with van der Waals surface area (Å²) >= 11 is 9.27. The molecule has 1 aromatic carbocycles. The van der Waals surface area contributed by atoms with Crippen LogP contribution in [0.25, 0.3) is 11.6 Å². The Kier molecular flexibility index (Phi) is 5.90. The zero-order valence-electron chi connectivity index (χ0n) is 13.3. The first-order chi connectivity index (χ1) is 11.4. The predicted octanol–water partition coefficient (Wildman–Crippen LogP) is 3.65. The smallest absolute Gasteiger partial charge is 0.341 e. The third kappa shape index (κ3) is 3.73. The largest absolute Gasteiger partial charge is 0.503 e. The molecule has 0 fully saturated rings. The van der Waals surface area contributed by atoms with Gasteiger partial charge in [-0.2, -0.15) is 0 Å². The van der Waals surface area contributed by atoms with Crippen molar-refractivity contribution in [1.29, 1.82) is 0 Å². The molecule has 8 heteroatoms. The van der Waals surface area contributed by atoms with Crippen molar-refractivity contribution in [3.05, 3.63) is 39.3 Å². The van der Waals surface area contributed by atoms with Crippen molar-refractivity contribution < 1.29 is 19.4 Å². The number of benzene rings is 1. The highest BCUT2D eigenvalue weighted by Gasteiger charge is 2.20. The van der Waals surface area contributed by atoms with Crippen molar-refractivity contribution in [3.63, 3.8) is 0 Å². The van der Waals surface area contributed by atoms with E-state index in [0.717, 1.165) is 0 Å². The number of esters is 1. The zero-order valence-corrected chi connectivity index (χ0v) is 15.7. The van der Waals surface area contributed by atoms with Gasteiger partial charge in [0.05, 0.1) is 24.4 Å². The van der Waals surface area contributed by atoms with Gasteiger partial charge in [0.2, 0.25) is 0 Å². The maximum absolute atomic E-state index is 12.3. The fourth-order valence-electron chi connectivity index (χ4n) is 2.06. The number of phenols is 1. The van der Waals surface area contributed by atoms with Crippen molar-refractivity contribution in [3.8, 4) is 11.5 Å². The van der Waals surface area contributed by atoms with Gasteiger partial charge in [-0.1, -0.05) is 11.6 Å². The first kappa shape index (κ1) is 18.4. The molecule has 0 aliphatic rings. The van der Waals surface area contributed by atoms with Crippen LogP contribution < -0.4 is 4.74 Å². The molecule has 0 spiro atoms. The molecule has 2 aromatic rings. The lowest BCUT2D eigenvalue weighted by Crippen LogP contribution is -2.10. The van der Waals surface area contributed by atoms with E-state index in [1.807, 2.05) is 0 Å². The number of methoxy groups -OCH3 is 1. The first-order valence-corrected chi connectivity index (χ1v) is 8.19. The molecule has 0 unspecified atom stereocenters. The molecule has 1 N–H and O–H groups in total. The number of nitrogens with zero attached hydrogens (tertiary/aromatic N) is 2. The van der Waals surface area contributed by atoms with Gasteiger partial charge in [-0.05, 0) is 46.6 Å². The van der Waals surface area contributed by atoms with Gasteiger partial charge >= 0.3 is 5.97 Å². The van der Waals surface area contributed by atoms with Crippen molar-refractivity contribution in [1.82, 2.24) is 9.55 Å². The lowest BCUT2D eigenvalue weighted by atomic mass is 10.1. The van der Waals surface area contributed by atoms with Gasteiger partial charge in [-0.25, -0.2) is 9.78 Å². The summed E-state index contributed by atoms with van der Waals surface area (Å²) < 4.78 is 12.3. The third-order valence-electron chi connectivity index (χ3n) is 3.25. The standard InChI is InChI=1S/C16H16BrClN2O4/c1-4-24-16(22)10(15-19-8-13(18)20(15)2)5-9-6-11(17)14(21)12(7-9)23-3/h5-8,21H,4H2,1-3H3/b10-5-. The number of phenolic OH excluding ortho intramolecular Hbond substituents is 1. The Bertz CT molecular complexity index is 802. The number of carbonyl (C=O) groups excluding carboxylic acids is 1. The van der Waals surface area contributed by atoms with Crippen molar-refractivity contribution >= 4 is 45.1 Å². The molecule has 128 valence electrons. The second kappa shape index (κ2) is 7.72. The van der Waals surface area contributed by atoms with Crippen LogP contribution in [0.4, 0.5) is 0 Å². The number of rotatable bonds is 5. The lowest BCUT2D eigenvalue weighted by Gasteiger charge is -2.10. The van der Waals surface area contributed by atoms with Gasteiger partial charge in [0.25, 0.3) is 0 Å². The van der Waals surface area contributed by atoms with Crippen LogP contribution in [-0.4, -0.2) is 34.3 Å². The minimum atomic E-state index is -0.522. The van der Waals surface area contributed by atoms with Crippen molar-refractivity contribution in [2.45, 2.75) is 6.92 Å². The maximum Gasteiger partial charge on any atom is 0.341 e. The summed E-state index contributed by atoms with van der Waals surface area (Å²) in [4.78, 5) is 16.5. The molecule has 0 amide bonds. The van der Waals surface area contributed by atoms with Gasteiger partial charge in [0.1, 0.15) is 16.6 Å². The zero-order chi connectivity index (χ0) is 17.9. The van der Waals surface area contributed by atoms with Crippen LogP contribution in [-0.2, 0) is 16.6 Å². The van der Waals surface area contributed by atoms with E-state index in [2.05, 4.69) is 20.9 Å². The highest BCUT2D eigenvalue weighted by Crippen LogP contribution is 2.36. The van der Waals surface area contributed by atoms with Crippen LogP contribution in [0.2, 0.25) is 5.15 Å². The molecule has 6 nitrogen and oxygen atoms in total. The van der Waals surface area contributed by atoms with E-state index in [9.17, 15) is 9.90 Å². The summed E-state index contributed by atoms with van der Waals surface area (Å²) in [6.45, 7) is 1.96. The Morgan fingerprint density at radius 2 is 2.21 bits per heavy atom. The SMILES string of the molecule is CCOC(=O)/C(=C\c1cc(Br)c(O)c(OC)c1)c1ncc(Cl)n1C. The minimum absolute atomic E-state index is 0.0210. The number of ether oxygens (including phenoxy) is 2. The van der Waals surface area contributed by atoms with E-state index >= 15 is 0 Å². The second-order valence-corrected chi connectivity index (χ2v) is 6.04. The topological polar surface area (TPSA) is 73.6 Å². The summed E-state index contributed by atoms with van der Waals surface area (Å²) in [6.07, 6.45) is 3.06. The summed E-state index contributed by atoms with van der Waals surface area (Å²) in [5.41, 5.74) is 0.865. The number of imidazole rings is 1. The Hall–Kier alpha value is -1.99. The molecular formula is C16H16BrClN2O4. The number of carbonyl (C=O) groups is 1. The van der Waals surface area contributed by atoms with Gasteiger partial charge in [0.15, 0.2) is 11.5 Å². The third-order valence-corrected chi connectivity index (χ3v) is 4.21. The van der Waals surface area contributed by atoms with Gasteiger partial charge in [-0.15, -0.1) is 0 Å². The molecule has 1 heterocycles. The predicted molar refractivity (Wildman–Crippen MR) is 95.1 cm³/mol. The fraction of sp³-hybridized carbons (Fsp3) is 0.250. The van der Waals surface area contributed by atoms with Crippen LogP contribution in [0.1, 0.15) is 18.3 Å². The van der Waals surface area contributed by atoms with E-state index in [4.69, 9.17) is 21.1 Å². The molecule has 0 saturated carbocycles. The Morgan fingerprint density at radius 3 is 2.75 bits per heavy atom. The molecule has 0 aliphatic carbocycles. The highest BCUT2D eigenvalue weighted by molar-refractivity contribution is 9.10. The number of aromatic hydroxyl groups is 1. The van der Waals surface area contributed by atoms with Crippen LogP contribution in [0, 0.1) is 0 Å². The molecule has 0 atom stereocenters. The van der Waals surface area contributed by atoms with E-state index < -0.39 is 5.97 Å². The highest BCUT2D eigenvalue weighted by atomic mass is 79.9. The van der Waals surface area contributed by atoms with E-state index in [1.54, 1.807) is 36.7 Å². The second-order valence-electron chi connectivity index (χ2n) is 4.80. The summed E-state index contributed by atoms with van der Waals surface area (Å²) in [5.74, 6) is 0.108. The first-order valence-electron chi connectivity index (χ1n) is 7.01. The maximum atomic E-state index is 12.3. The quantitative estimate of drug-likeness (QED) is 0.596. The molecule has 2 rings (SSSR count). The van der Waals surface area contributed by atoms with Gasteiger partial charge in [-0.3, -0.25) is 0 Å². The van der Waals surface area contributed by atoms with Crippen LogP contribution in [0.3, 0.4) is 0 Å². The van der Waals surface area contributed by atoms with Crippen molar-refractivity contribution in [2.75, 3.05) is 13.7 Å². The Balaban J connectivity index is 2.59. The molecule has 24 heavy (non-hydrogen) atoms. The summed E-state index contributed by atoms with van der Waals surface area (Å²) in [6, 6.07) is 3.26. The van der Waals surface area contributed by atoms with E-state index in [-0.39, 0.29) is 23.7 Å².